The van der Waals surface area contributed by atoms with Gasteiger partial charge in [-0.05, 0) is 50.0 Å². The molecule has 3 unspecified atom stereocenters. The van der Waals surface area contributed by atoms with E-state index in [0.29, 0.717) is 6.54 Å². The molecule has 0 aromatic heterocycles. The van der Waals surface area contributed by atoms with E-state index in [1.54, 1.807) is 0 Å². The van der Waals surface area contributed by atoms with Crippen molar-refractivity contribution >= 4 is 5.91 Å². The number of carbonyl (C=O) groups excluding carboxylic acids is 1. The molecule has 98 valence electrons. The number of hydrogen-bond donors (Lipinski definition) is 1. The van der Waals surface area contributed by atoms with Crippen LogP contribution in [0.5, 0.6) is 0 Å². The Bertz CT molecular complexity index is 267. The van der Waals surface area contributed by atoms with Gasteiger partial charge in [-0.2, -0.15) is 0 Å². The standard InChI is InChI=1S/C14H26N2O/c1-3-6-15-9-14(17)16(2)10-13-8-11-4-5-12(13)7-11/h11-13,15H,3-10H2,1-2H3. The van der Waals surface area contributed by atoms with Crippen LogP contribution in [0.1, 0.15) is 39.0 Å². The quantitative estimate of drug-likeness (QED) is 0.717. The van der Waals surface area contributed by atoms with E-state index in [-0.39, 0.29) is 5.91 Å². The van der Waals surface area contributed by atoms with E-state index >= 15 is 0 Å². The number of nitrogens with one attached hydrogen (secondary N) is 1. The maximum Gasteiger partial charge on any atom is 0.236 e. The van der Waals surface area contributed by atoms with Crippen molar-refractivity contribution in [2.45, 2.75) is 39.0 Å². The van der Waals surface area contributed by atoms with Crippen molar-refractivity contribution in [3.63, 3.8) is 0 Å². The van der Waals surface area contributed by atoms with Crippen LogP contribution in [0.15, 0.2) is 0 Å². The molecular formula is C14H26N2O. The summed E-state index contributed by atoms with van der Waals surface area (Å²) in [5, 5.41) is 3.18. The Morgan fingerprint density at radius 2 is 2.18 bits per heavy atom. The summed E-state index contributed by atoms with van der Waals surface area (Å²) in [5.74, 6) is 2.93. The fourth-order valence-corrected chi connectivity index (χ4v) is 3.56. The molecule has 0 saturated heterocycles. The summed E-state index contributed by atoms with van der Waals surface area (Å²) in [6.45, 7) is 4.54. The fourth-order valence-electron chi connectivity index (χ4n) is 3.56. The van der Waals surface area contributed by atoms with Crippen LogP contribution in [0.4, 0.5) is 0 Å². The van der Waals surface area contributed by atoms with E-state index in [1.165, 1.54) is 25.7 Å². The predicted octanol–water partition coefficient (Wildman–Crippen LogP) is 1.88. The van der Waals surface area contributed by atoms with Crippen LogP contribution in [0.2, 0.25) is 0 Å². The monoisotopic (exact) mass is 238 g/mol. The molecule has 0 heterocycles. The Kier molecular flexibility index (Phi) is 4.43. The average Bonchev–Trinajstić information content (AvgIpc) is 2.91. The minimum Gasteiger partial charge on any atom is -0.344 e. The molecule has 3 nitrogen and oxygen atoms in total. The molecule has 2 aliphatic carbocycles. The molecule has 0 aromatic carbocycles. The first kappa shape index (κ1) is 12.9. The lowest BCUT2D eigenvalue weighted by Gasteiger charge is -2.27. The van der Waals surface area contributed by atoms with Crippen LogP contribution in [0.3, 0.4) is 0 Å². The normalized spacial score (nSPS) is 30.8. The largest absolute Gasteiger partial charge is 0.344 e. The summed E-state index contributed by atoms with van der Waals surface area (Å²) < 4.78 is 0. The summed E-state index contributed by atoms with van der Waals surface area (Å²) in [6, 6.07) is 0. The molecule has 3 atom stereocenters. The van der Waals surface area contributed by atoms with Crippen molar-refractivity contribution in [3.8, 4) is 0 Å². The molecule has 0 spiro atoms. The van der Waals surface area contributed by atoms with Gasteiger partial charge >= 0.3 is 0 Å². The molecule has 0 aliphatic heterocycles. The van der Waals surface area contributed by atoms with Gasteiger partial charge in [0.15, 0.2) is 0 Å². The highest BCUT2D eigenvalue weighted by molar-refractivity contribution is 5.77. The van der Waals surface area contributed by atoms with Crippen molar-refractivity contribution in [2.75, 3.05) is 26.7 Å². The first-order valence-corrected chi connectivity index (χ1v) is 7.15. The smallest absolute Gasteiger partial charge is 0.236 e. The van der Waals surface area contributed by atoms with Gasteiger partial charge in [0, 0.05) is 13.6 Å². The summed E-state index contributed by atoms with van der Waals surface area (Å²) >= 11 is 0. The van der Waals surface area contributed by atoms with Gasteiger partial charge in [0.1, 0.15) is 0 Å². The second kappa shape index (κ2) is 5.85. The zero-order valence-electron chi connectivity index (χ0n) is 11.2. The van der Waals surface area contributed by atoms with Crippen LogP contribution in [-0.2, 0) is 4.79 Å². The molecule has 0 radical (unpaired) electrons. The fraction of sp³-hybridized carbons (Fsp3) is 0.929. The molecule has 2 bridgehead atoms. The van der Waals surface area contributed by atoms with E-state index in [9.17, 15) is 4.79 Å². The SMILES string of the molecule is CCCNCC(=O)N(C)CC1CC2CCC1C2. The van der Waals surface area contributed by atoms with Crippen molar-refractivity contribution in [1.29, 1.82) is 0 Å². The number of amides is 1. The molecular weight excluding hydrogens is 212 g/mol. The van der Waals surface area contributed by atoms with Crippen molar-refractivity contribution in [1.82, 2.24) is 10.2 Å². The summed E-state index contributed by atoms with van der Waals surface area (Å²) in [6.07, 6.45) is 6.73. The summed E-state index contributed by atoms with van der Waals surface area (Å²) in [5.41, 5.74) is 0. The number of nitrogens with zero attached hydrogens (tertiary/aromatic N) is 1. The highest BCUT2D eigenvalue weighted by Crippen LogP contribution is 2.48. The van der Waals surface area contributed by atoms with E-state index in [0.717, 1.165) is 37.3 Å². The van der Waals surface area contributed by atoms with Gasteiger partial charge in [0.05, 0.1) is 6.54 Å². The van der Waals surface area contributed by atoms with E-state index < -0.39 is 0 Å². The first-order valence-electron chi connectivity index (χ1n) is 7.15. The lowest BCUT2D eigenvalue weighted by molar-refractivity contribution is -0.129. The summed E-state index contributed by atoms with van der Waals surface area (Å²) in [4.78, 5) is 13.8. The number of rotatable bonds is 6. The lowest BCUT2D eigenvalue weighted by Crippen LogP contribution is -2.39. The van der Waals surface area contributed by atoms with Gasteiger partial charge in [0.2, 0.25) is 5.91 Å². The van der Waals surface area contributed by atoms with E-state index in [4.69, 9.17) is 0 Å². The molecule has 2 aliphatic rings. The third-order valence-corrected chi connectivity index (χ3v) is 4.52. The van der Waals surface area contributed by atoms with Crippen LogP contribution in [-0.4, -0.2) is 37.5 Å². The number of hydrogen-bond acceptors (Lipinski definition) is 2. The Morgan fingerprint density at radius 3 is 2.76 bits per heavy atom. The molecule has 0 aromatic rings. The Labute approximate surface area is 105 Å². The number of carbonyl (C=O) groups is 1. The Hall–Kier alpha value is -0.570. The minimum atomic E-state index is 0.251. The second-order valence-electron chi connectivity index (χ2n) is 5.89. The Balaban J connectivity index is 1.69. The van der Waals surface area contributed by atoms with Gasteiger partial charge in [-0.25, -0.2) is 0 Å². The number of fused-ring (bicyclic) bond motifs is 2. The zero-order chi connectivity index (χ0) is 12.3. The van der Waals surface area contributed by atoms with Crippen LogP contribution in [0.25, 0.3) is 0 Å². The van der Waals surface area contributed by atoms with Crippen molar-refractivity contribution < 1.29 is 4.79 Å². The third-order valence-electron chi connectivity index (χ3n) is 4.52. The molecule has 2 rings (SSSR count). The maximum atomic E-state index is 11.9. The van der Waals surface area contributed by atoms with Crippen molar-refractivity contribution in [2.24, 2.45) is 17.8 Å². The van der Waals surface area contributed by atoms with E-state index in [1.807, 2.05) is 11.9 Å². The molecule has 2 fully saturated rings. The van der Waals surface area contributed by atoms with Crippen LogP contribution in [0, 0.1) is 17.8 Å². The van der Waals surface area contributed by atoms with Crippen LogP contribution >= 0.6 is 0 Å². The van der Waals surface area contributed by atoms with Crippen LogP contribution < -0.4 is 5.32 Å². The predicted molar refractivity (Wildman–Crippen MR) is 69.7 cm³/mol. The lowest BCUT2D eigenvalue weighted by atomic mass is 9.88. The zero-order valence-corrected chi connectivity index (χ0v) is 11.2. The van der Waals surface area contributed by atoms with Gasteiger partial charge in [-0.3, -0.25) is 4.79 Å². The van der Waals surface area contributed by atoms with Crippen molar-refractivity contribution in [3.05, 3.63) is 0 Å². The topological polar surface area (TPSA) is 32.3 Å². The third kappa shape index (κ3) is 3.21. The number of likely N-dealkylation sites (N-methyl/N-ethyl adjacent to an activating group) is 1. The molecule has 3 heteroatoms. The highest BCUT2D eigenvalue weighted by atomic mass is 16.2. The first-order chi connectivity index (χ1) is 8.20. The molecule has 17 heavy (non-hydrogen) atoms. The summed E-state index contributed by atoms with van der Waals surface area (Å²) in [7, 11) is 1.96. The molecule has 1 N–H and O–H groups in total. The van der Waals surface area contributed by atoms with E-state index in [2.05, 4.69) is 12.2 Å². The van der Waals surface area contributed by atoms with Gasteiger partial charge in [0.25, 0.3) is 0 Å². The average molecular weight is 238 g/mol. The van der Waals surface area contributed by atoms with Gasteiger partial charge in [-0.15, -0.1) is 0 Å². The van der Waals surface area contributed by atoms with Gasteiger partial charge < -0.3 is 10.2 Å². The highest BCUT2D eigenvalue weighted by Gasteiger charge is 2.39. The minimum absolute atomic E-state index is 0.251. The molecule has 2 saturated carbocycles. The Morgan fingerprint density at radius 1 is 1.35 bits per heavy atom. The molecule has 1 amide bonds. The van der Waals surface area contributed by atoms with Gasteiger partial charge in [-0.1, -0.05) is 13.3 Å². The maximum absolute atomic E-state index is 11.9. The second-order valence-corrected chi connectivity index (χ2v) is 5.89.